The van der Waals surface area contributed by atoms with Crippen LogP contribution in [0.3, 0.4) is 0 Å². The molecule has 2 atom stereocenters. The summed E-state index contributed by atoms with van der Waals surface area (Å²) in [6.07, 6.45) is 5.13. The number of hydrogen-bond acceptors (Lipinski definition) is 0. The summed E-state index contributed by atoms with van der Waals surface area (Å²) in [5, 5.41) is 5.33. The third-order valence-corrected chi connectivity index (χ3v) is 24.2. The first kappa shape index (κ1) is 25.7. The van der Waals surface area contributed by atoms with Gasteiger partial charge >= 0.3 is 260 Å². The Morgan fingerprint density at radius 3 is 1.30 bits per heavy atom. The predicted molar refractivity (Wildman–Crippen MR) is 181 cm³/mol. The van der Waals surface area contributed by atoms with Crippen LogP contribution in [0.1, 0.15) is 43.4 Å². The van der Waals surface area contributed by atoms with Gasteiger partial charge in [0.15, 0.2) is 0 Å². The average molecular weight is 630 g/mol. The van der Waals surface area contributed by atoms with Crippen LogP contribution in [0.15, 0.2) is 132 Å². The van der Waals surface area contributed by atoms with Crippen LogP contribution in [-0.2, 0) is 20.3 Å². The molecule has 1 aliphatic heterocycles. The van der Waals surface area contributed by atoms with E-state index in [9.17, 15) is 0 Å². The van der Waals surface area contributed by atoms with Crippen LogP contribution in [0, 0.1) is 0 Å². The second kappa shape index (κ2) is 9.60. The van der Waals surface area contributed by atoms with Crippen LogP contribution in [0.25, 0.3) is 56.0 Å². The summed E-state index contributed by atoms with van der Waals surface area (Å²) >= 11 is -2.70. The minimum atomic E-state index is -2.70. The average Bonchev–Trinajstić information content (AvgIpc) is 3.62. The van der Waals surface area contributed by atoms with Gasteiger partial charge in [0, 0.05) is 0 Å². The molecule has 0 saturated carbocycles. The number of rotatable bonds is 4. The molecule has 9 rings (SSSR count). The van der Waals surface area contributed by atoms with E-state index >= 15 is 0 Å². The Labute approximate surface area is 258 Å². The van der Waals surface area contributed by atoms with Gasteiger partial charge in [-0.15, -0.1) is 0 Å². The normalized spacial score (nSPS) is 19.7. The third-order valence-electron chi connectivity index (χ3n) is 10.7. The SMILES string of the molecule is CC1=Cc2c(-c3cccc4ccccc34)cccc2[CH]1[Zr]1([CH]2C(C)=Cc3c(-c4cccc5ccccc45)cccc32)[CH2][CH2]1. The Kier molecular flexibility index (Phi) is 5.73. The molecule has 206 valence electrons. The quantitative estimate of drug-likeness (QED) is 0.182. The summed E-state index contributed by atoms with van der Waals surface area (Å²) in [5.41, 5.74) is 14.9. The van der Waals surface area contributed by atoms with E-state index in [-0.39, 0.29) is 0 Å². The molecular weight excluding hydrogens is 596 g/mol. The maximum absolute atomic E-state index is 2.70. The second-order valence-electron chi connectivity index (χ2n) is 13.0. The summed E-state index contributed by atoms with van der Waals surface area (Å²) in [4.78, 5) is 0. The van der Waals surface area contributed by atoms with E-state index in [2.05, 4.69) is 147 Å². The zero-order valence-electron chi connectivity index (χ0n) is 24.8. The number of benzene rings is 6. The van der Waals surface area contributed by atoms with Crippen LogP contribution < -0.4 is 0 Å². The van der Waals surface area contributed by atoms with Crippen molar-refractivity contribution >= 4 is 33.7 Å². The molecule has 0 bridgehead atoms. The maximum atomic E-state index is 2.57. The monoisotopic (exact) mass is 628 g/mol. The zero-order valence-corrected chi connectivity index (χ0v) is 27.2. The fraction of sp³-hybridized carbons (Fsp3) is 0.143. The Balaban J connectivity index is 1.17. The van der Waals surface area contributed by atoms with Gasteiger partial charge in [0.2, 0.25) is 0 Å². The molecule has 0 amide bonds. The first-order chi connectivity index (χ1) is 21.1. The van der Waals surface area contributed by atoms with Gasteiger partial charge in [-0.1, -0.05) is 0 Å². The van der Waals surface area contributed by atoms with Gasteiger partial charge < -0.3 is 0 Å². The molecule has 0 radical (unpaired) electrons. The van der Waals surface area contributed by atoms with E-state index in [1.54, 1.807) is 22.3 Å². The molecule has 0 N–H and O–H groups in total. The Hall–Kier alpha value is -3.80. The van der Waals surface area contributed by atoms with Gasteiger partial charge in [0.25, 0.3) is 0 Å². The molecule has 1 saturated heterocycles. The van der Waals surface area contributed by atoms with Crippen LogP contribution >= 0.6 is 0 Å². The van der Waals surface area contributed by atoms with E-state index in [1.807, 2.05) is 0 Å². The van der Waals surface area contributed by atoms with Crippen molar-refractivity contribution in [2.45, 2.75) is 29.4 Å². The summed E-state index contributed by atoms with van der Waals surface area (Å²) in [5.74, 6) is 0. The molecule has 0 nitrogen and oxygen atoms in total. The molecule has 2 unspecified atom stereocenters. The standard InChI is InChI=1S/2C20H15.C2H4.Zr/c2*1-14-12-16-8-5-11-19(20(16)13-14)18-10-4-7-15-6-2-3-9-17(15)18;1-2;/h2*2-13H,1H3;1-2H2;. The van der Waals surface area contributed by atoms with Gasteiger partial charge in [-0.2, -0.15) is 0 Å². The number of hydrogen-bond donors (Lipinski definition) is 0. The fourth-order valence-electron chi connectivity index (χ4n) is 8.91. The van der Waals surface area contributed by atoms with Crippen LogP contribution in [-0.4, -0.2) is 0 Å². The number of allylic oxidation sites excluding steroid dienone is 2. The van der Waals surface area contributed by atoms with Gasteiger partial charge in [-0.05, 0) is 0 Å². The molecule has 2 aliphatic carbocycles. The first-order valence-electron chi connectivity index (χ1n) is 15.7. The second-order valence-corrected chi connectivity index (χ2v) is 24.4. The van der Waals surface area contributed by atoms with Crippen molar-refractivity contribution in [2.24, 2.45) is 0 Å². The Morgan fingerprint density at radius 2 is 0.837 bits per heavy atom. The Bertz CT molecular complexity index is 2010. The summed E-state index contributed by atoms with van der Waals surface area (Å²) in [6, 6.07) is 45.6. The van der Waals surface area contributed by atoms with Gasteiger partial charge in [0.05, 0.1) is 0 Å². The van der Waals surface area contributed by atoms with Crippen molar-refractivity contribution in [3.63, 3.8) is 0 Å². The summed E-state index contributed by atoms with van der Waals surface area (Å²) in [7, 11) is 0. The van der Waals surface area contributed by atoms with E-state index in [1.165, 1.54) is 63.2 Å². The fourth-order valence-corrected chi connectivity index (χ4v) is 26.6. The molecular formula is C42H34Zr. The predicted octanol–water partition coefficient (Wildman–Crippen LogP) is 11.9. The molecule has 3 aliphatic rings. The molecule has 0 spiro atoms. The van der Waals surface area contributed by atoms with Crippen LogP contribution in [0.4, 0.5) is 0 Å². The molecule has 0 aromatic heterocycles. The molecule has 6 aromatic carbocycles. The molecule has 6 aromatic rings. The van der Waals surface area contributed by atoms with Gasteiger partial charge in [0.1, 0.15) is 0 Å². The van der Waals surface area contributed by atoms with Gasteiger partial charge in [-0.25, -0.2) is 0 Å². The Morgan fingerprint density at radius 1 is 0.442 bits per heavy atom. The number of fused-ring (bicyclic) bond motifs is 4. The first-order valence-corrected chi connectivity index (χ1v) is 22.0. The third kappa shape index (κ3) is 3.77. The molecule has 43 heavy (non-hydrogen) atoms. The molecule has 1 heteroatoms. The summed E-state index contributed by atoms with van der Waals surface area (Å²) in [6.45, 7) is 4.88. The molecule has 1 fully saturated rings. The minimum absolute atomic E-state index is 0.653. The van der Waals surface area contributed by atoms with Gasteiger partial charge in [-0.3, -0.25) is 0 Å². The zero-order chi connectivity index (χ0) is 28.7. The van der Waals surface area contributed by atoms with E-state index < -0.39 is 20.3 Å². The topological polar surface area (TPSA) is 0 Å². The summed E-state index contributed by atoms with van der Waals surface area (Å²) < 4.78 is 4.27. The van der Waals surface area contributed by atoms with E-state index in [0.717, 1.165) is 0 Å². The van der Waals surface area contributed by atoms with Crippen LogP contribution in [0.5, 0.6) is 0 Å². The van der Waals surface area contributed by atoms with Crippen molar-refractivity contribution in [1.82, 2.24) is 0 Å². The molecule has 1 heterocycles. The van der Waals surface area contributed by atoms with Crippen LogP contribution in [0.2, 0.25) is 8.26 Å². The van der Waals surface area contributed by atoms with E-state index in [0.29, 0.717) is 7.25 Å². The van der Waals surface area contributed by atoms with Crippen molar-refractivity contribution in [1.29, 1.82) is 0 Å². The van der Waals surface area contributed by atoms with Crippen molar-refractivity contribution in [3.8, 4) is 22.3 Å². The van der Waals surface area contributed by atoms with Crippen molar-refractivity contribution in [2.75, 3.05) is 0 Å². The van der Waals surface area contributed by atoms with E-state index in [4.69, 9.17) is 0 Å². The van der Waals surface area contributed by atoms with Crippen molar-refractivity contribution in [3.05, 3.63) is 155 Å². The van der Waals surface area contributed by atoms with Crippen molar-refractivity contribution < 1.29 is 20.3 Å².